The van der Waals surface area contributed by atoms with E-state index < -0.39 is 38.9 Å². The molecule has 0 bridgehead atoms. The zero-order valence-electron chi connectivity index (χ0n) is 18.2. The van der Waals surface area contributed by atoms with E-state index in [9.17, 15) is 31.5 Å². The summed E-state index contributed by atoms with van der Waals surface area (Å²) in [5.74, 6) is -1.86. The zero-order chi connectivity index (χ0) is 24.8. The quantitative estimate of drug-likeness (QED) is 0.453. The molecule has 1 aliphatic rings. The monoisotopic (exact) mass is 493 g/mol. The van der Waals surface area contributed by atoms with Crippen LogP contribution in [0.2, 0.25) is 0 Å². The van der Waals surface area contributed by atoms with Gasteiger partial charge in [-0.1, -0.05) is 25.1 Å². The van der Waals surface area contributed by atoms with Crippen LogP contribution in [-0.2, 0) is 27.4 Å². The lowest BCUT2D eigenvalue weighted by Crippen LogP contribution is -2.25. The Morgan fingerprint density at radius 3 is 2.59 bits per heavy atom. The van der Waals surface area contributed by atoms with Gasteiger partial charge < -0.3 is 9.84 Å². The number of benzene rings is 2. The van der Waals surface area contributed by atoms with Crippen LogP contribution < -0.4 is 4.74 Å². The van der Waals surface area contributed by atoms with Gasteiger partial charge in [0, 0.05) is 17.5 Å². The van der Waals surface area contributed by atoms with E-state index in [1.54, 1.807) is 25.1 Å². The molecule has 1 aliphatic heterocycles. The number of rotatable bonds is 7. The molecular weight excluding hydrogens is 471 g/mol. The second kappa shape index (κ2) is 8.50. The molecule has 2 atom stereocenters. The minimum absolute atomic E-state index is 0.0155. The third kappa shape index (κ3) is 3.96. The number of aliphatic carboxylic acids is 1. The molecule has 0 saturated carbocycles. The predicted octanol–water partition coefficient (Wildman–Crippen LogP) is 5.28. The lowest BCUT2D eigenvalue weighted by atomic mass is 10.0. The average Bonchev–Trinajstić information content (AvgIpc) is 3.37. The highest BCUT2D eigenvalue weighted by Gasteiger charge is 2.36. The van der Waals surface area contributed by atoms with Gasteiger partial charge in [0.1, 0.15) is 11.0 Å². The van der Waals surface area contributed by atoms with E-state index in [4.69, 9.17) is 4.74 Å². The molecule has 34 heavy (non-hydrogen) atoms. The SMILES string of the molecule is C=CC(c1ccc2c(c1)CCO2)S(=O)(=O)n1c(C(CC)C(=O)O)cc2cc(C(F)(F)F)ccc21. The fourth-order valence-electron chi connectivity index (χ4n) is 4.35. The molecule has 0 saturated heterocycles. The minimum atomic E-state index is -4.64. The number of hydrogen-bond acceptors (Lipinski definition) is 4. The third-order valence-corrected chi connectivity index (χ3v) is 8.03. The maximum Gasteiger partial charge on any atom is 0.416 e. The first kappa shape index (κ1) is 23.9. The van der Waals surface area contributed by atoms with E-state index >= 15 is 0 Å². The summed E-state index contributed by atoms with van der Waals surface area (Å²) in [6.07, 6.45) is -2.75. The topological polar surface area (TPSA) is 85.6 Å². The smallest absolute Gasteiger partial charge is 0.416 e. The van der Waals surface area contributed by atoms with E-state index in [1.165, 1.54) is 12.1 Å². The van der Waals surface area contributed by atoms with Crippen molar-refractivity contribution in [3.63, 3.8) is 0 Å². The predicted molar refractivity (Wildman–Crippen MR) is 121 cm³/mol. The maximum absolute atomic E-state index is 13.9. The molecule has 0 amide bonds. The third-order valence-electron chi connectivity index (χ3n) is 6.01. The largest absolute Gasteiger partial charge is 0.493 e. The van der Waals surface area contributed by atoms with Gasteiger partial charge in [0.05, 0.1) is 23.6 Å². The highest BCUT2D eigenvalue weighted by molar-refractivity contribution is 7.90. The van der Waals surface area contributed by atoms with Gasteiger partial charge in [0.2, 0.25) is 10.0 Å². The standard InChI is InChI=1S/C24H22F3NO5S/c1-3-18(23(29)30)20-13-16-12-17(24(25,26)27)6-7-19(16)28(20)34(31,32)22(4-2)15-5-8-21-14(11-15)9-10-33-21/h4-8,11-13,18,22H,2-3,9-10H2,1H3,(H,29,30). The number of carbonyl (C=O) groups is 1. The minimum Gasteiger partial charge on any atom is -0.493 e. The van der Waals surface area contributed by atoms with Crippen LogP contribution in [0.4, 0.5) is 13.2 Å². The molecule has 1 N–H and O–H groups in total. The highest BCUT2D eigenvalue weighted by Crippen LogP contribution is 2.39. The summed E-state index contributed by atoms with van der Waals surface area (Å²) in [5, 5.41) is 8.44. The first-order valence-electron chi connectivity index (χ1n) is 10.6. The summed E-state index contributed by atoms with van der Waals surface area (Å²) < 4.78 is 74.0. The molecule has 2 heterocycles. The van der Waals surface area contributed by atoms with Crippen LogP contribution >= 0.6 is 0 Å². The molecule has 0 spiro atoms. The van der Waals surface area contributed by atoms with Crippen molar-refractivity contribution in [3.05, 3.63) is 77.5 Å². The second-order valence-corrected chi connectivity index (χ2v) is 9.97. The van der Waals surface area contributed by atoms with Crippen molar-refractivity contribution >= 4 is 26.9 Å². The summed E-state index contributed by atoms with van der Waals surface area (Å²) in [5.41, 5.74) is 0.148. The summed E-state index contributed by atoms with van der Waals surface area (Å²) >= 11 is 0. The van der Waals surface area contributed by atoms with E-state index in [1.807, 2.05) is 0 Å². The van der Waals surface area contributed by atoms with Crippen LogP contribution in [0.3, 0.4) is 0 Å². The zero-order valence-corrected chi connectivity index (χ0v) is 19.0. The number of carboxylic acids is 1. The summed E-state index contributed by atoms with van der Waals surface area (Å²) in [4.78, 5) is 11.9. The number of fused-ring (bicyclic) bond motifs is 2. The van der Waals surface area contributed by atoms with Gasteiger partial charge in [-0.2, -0.15) is 13.2 Å². The fourth-order valence-corrected chi connectivity index (χ4v) is 6.23. The van der Waals surface area contributed by atoms with Gasteiger partial charge in [0.25, 0.3) is 0 Å². The molecule has 0 radical (unpaired) electrons. The number of ether oxygens (including phenoxy) is 1. The van der Waals surface area contributed by atoms with Crippen molar-refractivity contribution in [1.82, 2.24) is 3.97 Å². The van der Waals surface area contributed by atoms with Gasteiger partial charge in [-0.25, -0.2) is 12.4 Å². The normalized spacial score (nSPS) is 15.5. The number of aromatic nitrogens is 1. The van der Waals surface area contributed by atoms with E-state index in [0.29, 0.717) is 24.3 Å². The number of alkyl halides is 3. The first-order chi connectivity index (χ1) is 16.0. The number of carboxylic acid groups (broad SMARTS) is 1. The van der Waals surface area contributed by atoms with Crippen molar-refractivity contribution in [2.24, 2.45) is 0 Å². The first-order valence-corrected chi connectivity index (χ1v) is 12.1. The van der Waals surface area contributed by atoms with Gasteiger partial charge in [0.15, 0.2) is 0 Å². The molecule has 2 unspecified atom stereocenters. The fraction of sp³-hybridized carbons (Fsp3) is 0.292. The van der Waals surface area contributed by atoms with Crippen molar-refractivity contribution in [1.29, 1.82) is 0 Å². The Hall–Kier alpha value is -3.27. The molecule has 3 aromatic rings. The van der Waals surface area contributed by atoms with Crippen LogP contribution in [0.1, 0.15) is 46.9 Å². The molecule has 1 aromatic heterocycles. The number of halogens is 3. The molecule has 0 aliphatic carbocycles. The van der Waals surface area contributed by atoms with E-state index in [-0.39, 0.29) is 23.0 Å². The summed E-state index contributed by atoms with van der Waals surface area (Å²) in [6, 6.07) is 8.85. The second-order valence-electron chi connectivity index (χ2n) is 8.07. The van der Waals surface area contributed by atoms with Gasteiger partial charge in [-0.05, 0) is 47.9 Å². The average molecular weight is 494 g/mol. The highest BCUT2D eigenvalue weighted by atomic mass is 32.2. The van der Waals surface area contributed by atoms with Crippen LogP contribution in [0.15, 0.2) is 55.1 Å². The Balaban J connectivity index is 1.96. The van der Waals surface area contributed by atoms with Crippen LogP contribution in [-0.4, -0.2) is 30.1 Å². The molecule has 180 valence electrons. The Kier molecular flexibility index (Phi) is 5.97. The number of nitrogens with zero attached hydrogens (tertiary/aromatic N) is 1. The van der Waals surface area contributed by atoms with Crippen LogP contribution in [0, 0.1) is 0 Å². The van der Waals surface area contributed by atoms with Crippen molar-refractivity contribution < 1.29 is 36.2 Å². The molecular formula is C24H22F3NO5S. The Morgan fingerprint density at radius 2 is 1.97 bits per heavy atom. The van der Waals surface area contributed by atoms with Gasteiger partial charge >= 0.3 is 12.1 Å². The van der Waals surface area contributed by atoms with Crippen molar-refractivity contribution in [2.75, 3.05) is 6.61 Å². The van der Waals surface area contributed by atoms with Gasteiger partial charge in [-0.15, -0.1) is 6.58 Å². The van der Waals surface area contributed by atoms with Crippen molar-refractivity contribution in [2.45, 2.75) is 37.1 Å². The number of hydrogen-bond donors (Lipinski definition) is 1. The molecule has 4 rings (SSSR count). The summed E-state index contributed by atoms with van der Waals surface area (Å²) in [7, 11) is -4.36. The molecule has 10 heteroatoms. The molecule has 0 fully saturated rings. The summed E-state index contributed by atoms with van der Waals surface area (Å²) in [6.45, 7) is 5.73. The van der Waals surface area contributed by atoms with Gasteiger partial charge in [-0.3, -0.25) is 4.79 Å². The Labute approximate surface area is 194 Å². The molecule has 2 aromatic carbocycles. The van der Waals surface area contributed by atoms with Crippen LogP contribution in [0.5, 0.6) is 5.75 Å². The molecule has 6 nitrogen and oxygen atoms in total. The van der Waals surface area contributed by atoms with Crippen LogP contribution in [0.25, 0.3) is 10.9 Å². The van der Waals surface area contributed by atoms with E-state index in [2.05, 4.69) is 6.58 Å². The van der Waals surface area contributed by atoms with Crippen molar-refractivity contribution in [3.8, 4) is 5.75 Å². The Bertz CT molecular complexity index is 1390. The lowest BCUT2D eigenvalue weighted by molar-refractivity contribution is -0.139. The Morgan fingerprint density at radius 1 is 1.24 bits per heavy atom. The lowest BCUT2D eigenvalue weighted by Gasteiger charge is -2.21. The van der Waals surface area contributed by atoms with E-state index in [0.717, 1.165) is 27.7 Å². The maximum atomic E-state index is 13.9.